The third-order valence-electron chi connectivity index (χ3n) is 3.34. The van der Waals surface area contributed by atoms with Gasteiger partial charge in [0.15, 0.2) is 5.96 Å². The molecule has 0 spiro atoms. The Labute approximate surface area is 185 Å². The van der Waals surface area contributed by atoms with Crippen LogP contribution >= 0.6 is 24.0 Å². The highest BCUT2D eigenvalue weighted by atomic mass is 127. The van der Waals surface area contributed by atoms with Crippen LogP contribution in [0.5, 0.6) is 5.88 Å². The third-order valence-corrected chi connectivity index (χ3v) is 3.34. The van der Waals surface area contributed by atoms with Gasteiger partial charge in [-0.2, -0.15) is 0 Å². The van der Waals surface area contributed by atoms with Crippen molar-refractivity contribution in [3.63, 3.8) is 0 Å². The summed E-state index contributed by atoms with van der Waals surface area (Å²) in [5.74, 6) is 1.22. The number of carbonyl (C=O) groups is 1. The van der Waals surface area contributed by atoms with Gasteiger partial charge in [0.25, 0.3) is 0 Å². The average molecular weight is 507 g/mol. The summed E-state index contributed by atoms with van der Waals surface area (Å²) in [5, 5.41) is 9.29. The monoisotopic (exact) mass is 507 g/mol. The molecule has 0 aliphatic rings. The van der Waals surface area contributed by atoms with E-state index >= 15 is 0 Å². The van der Waals surface area contributed by atoms with Crippen molar-refractivity contribution in [2.24, 2.45) is 4.99 Å². The summed E-state index contributed by atoms with van der Waals surface area (Å²) in [6, 6.07) is 3.82. The molecule has 1 rings (SSSR count). The highest BCUT2D eigenvalue weighted by molar-refractivity contribution is 14.0. The molecule has 1 aromatic rings. The van der Waals surface area contributed by atoms with E-state index in [1.807, 2.05) is 53.7 Å². The van der Waals surface area contributed by atoms with Gasteiger partial charge >= 0.3 is 6.09 Å². The Morgan fingerprint density at radius 3 is 2.46 bits per heavy atom. The molecule has 28 heavy (non-hydrogen) atoms. The number of guanidine groups is 1. The molecule has 0 atom stereocenters. The Bertz CT molecular complexity index is 645. The van der Waals surface area contributed by atoms with Crippen molar-refractivity contribution in [1.82, 2.24) is 20.9 Å². The molecule has 0 aliphatic carbocycles. The fourth-order valence-electron chi connectivity index (χ4n) is 2.15. The molecule has 9 heteroatoms. The Morgan fingerprint density at radius 1 is 1.21 bits per heavy atom. The normalized spacial score (nSPS) is 11.9. The van der Waals surface area contributed by atoms with Crippen molar-refractivity contribution in [2.75, 3.05) is 20.2 Å². The molecule has 0 radical (unpaired) electrons. The van der Waals surface area contributed by atoms with E-state index < -0.39 is 17.2 Å². The van der Waals surface area contributed by atoms with E-state index in [0.717, 1.165) is 5.56 Å². The number of pyridine rings is 1. The van der Waals surface area contributed by atoms with E-state index in [0.29, 0.717) is 31.5 Å². The molecule has 0 unspecified atom stereocenters. The van der Waals surface area contributed by atoms with Crippen LogP contribution in [0, 0.1) is 0 Å². The Hall–Kier alpha value is -1.78. The summed E-state index contributed by atoms with van der Waals surface area (Å²) < 4.78 is 10.8. The first-order valence-corrected chi connectivity index (χ1v) is 9.08. The van der Waals surface area contributed by atoms with Gasteiger partial charge in [-0.15, -0.1) is 24.0 Å². The second-order valence-electron chi connectivity index (χ2n) is 7.69. The van der Waals surface area contributed by atoms with Crippen molar-refractivity contribution >= 4 is 36.0 Å². The quantitative estimate of drug-likeness (QED) is 0.298. The molecule has 0 bridgehead atoms. The second-order valence-corrected chi connectivity index (χ2v) is 7.69. The minimum absolute atomic E-state index is 0. The maximum absolute atomic E-state index is 12.0. The zero-order valence-corrected chi connectivity index (χ0v) is 20.2. The maximum atomic E-state index is 12.0. The van der Waals surface area contributed by atoms with Gasteiger partial charge in [0.2, 0.25) is 5.88 Å². The standard InChI is InChI=1S/C19H33N5O3.HI/c1-8-26-15-14(10-9-11-21-15)12-22-16(20-7)23-13-19(5,6)24-17(25)27-18(2,3)4;/h9-11H,8,12-13H2,1-7H3,(H,24,25)(H2,20,22,23);1H. The van der Waals surface area contributed by atoms with E-state index in [1.165, 1.54) is 0 Å². The average Bonchev–Trinajstić information content (AvgIpc) is 2.54. The van der Waals surface area contributed by atoms with Crippen LogP contribution in [0.1, 0.15) is 47.1 Å². The highest BCUT2D eigenvalue weighted by Gasteiger charge is 2.24. The van der Waals surface area contributed by atoms with Crippen LogP contribution < -0.4 is 20.7 Å². The molecule has 0 fully saturated rings. The molecule has 1 heterocycles. The molecule has 0 aliphatic heterocycles. The lowest BCUT2D eigenvalue weighted by molar-refractivity contribution is 0.0474. The highest BCUT2D eigenvalue weighted by Crippen LogP contribution is 2.13. The molecular weight excluding hydrogens is 473 g/mol. The van der Waals surface area contributed by atoms with E-state index in [9.17, 15) is 4.79 Å². The molecule has 1 aromatic heterocycles. The maximum Gasteiger partial charge on any atom is 0.408 e. The fraction of sp³-hybridized carbons (Fsp3) is 0.632. The third kappa shape index (κ3) is 10.5. The van der Waals surface area contributed by atoms with Gasteiger partial charge < -0.3 is 25.4 Å². The van der Waals surface area contributed by atoms with Gasteiger partial charge in [-0.1, -0.05) is 6.07 Å². The number of hydrogen-bond donors (Lipinski definition) is 3. The minimum Gasteiger partial charge on any atom is -0.478 e. The number of amides is 1. The molecule has 0 saturated heterocycles. The lowest BCUT2D eigenvalue weighted by Crippen LogP contribution is -2.54. The Balaban J connectivity index is 0.00000729. The van der Waals surface area contributed by atoms with Crippen LogP contribution in [0.3, 0.4) is 0 Å². The number of ether oxygens (including phenoxy) is 2. The van der Waals surface area contributed by atoms with Gasteiger partial charge in [0.05, 0.1) is 12.1 Å². The lowest BCUT2D eigenvalue weighted by atomic mass is 10.1. The fourth-order valence-corrected chi connectivity index (χ4v) is 2.15. The predicted octanol–water partition coefficient (Wildman–Crippen LogP) is 3.07. The summed E-state index contributed by atoms with van der Waals surface area (Å²) in [5.41, 5.74) is -0.119. The van der Waals surface area contributed by atoms with Crippen LogP contribution in [-0.4, -0.2) is 48.4 Å². The number of aliphatic imine (C=N–C) groups is 1. The predicted molar refractivity (Wildman–Crippen MR) is 122 cm³/mol. The first-order valence-electron chi connectivity index (χ1n) is 9.08. The van der Waals surface area contributed by atoms with E-state index in [2.05, 4.69) is 25.9 Å². The SMILES string of the molecule is CCOc1ncccc1CNC(=NC)NCC(C)(C)NC(=O)OC(C)(C)C.I. The van der Waals surface area contributed by atoms with Gasteiger partial charge in [-0.25, -0.2) is 9.78 Å². The minimum atomic E-state index is -0.535. The van der Waals surface area contributed by atoms with Gasteiger partial charge in [0.1, 0.15) is 5.60 Å². The largest absolute Gasteiger partial charge is 0.478 e. The van der Waals surface area contributed by atoms with Crippen molar-refractivity contribution in [3.05, 3.63) is 23.9 Å². The molecule has 3 N–H and O–H groups in total. The number of hydrogen-bond acceptors (Lipinski definition) is 5. The zero-order valence-electron chi connectivity index (χ0n) is 17.9. The van der Waals surface area contributed by atoms with Crippen LogP contribution in [0.25, 0.3) is 0 Å². The molecule has 160 valence electrons. The number of rotatable bonds is 7. The zero-order chi connectivity index (χ0) is 20.5. The first-order chi connectivity index (χ1) is 12.6. The van der Waals surface area contributed by atoms with Crippen LogP contribution in [0.2, 0.25) is 0 Å². The molecule has 0 aromatic carbocycles. The van der Waals surface area contributed by atoms with Gasteiger partial charge in [-0.05, 0) is 47.6 Å². The van der Waals surface area contributed by atoms with Crippen molar-refractivity contribution in [1.29, 1.82) is 0 Å². The van der Waals surface area contributed by atoms with Crippen LogP contribution in [-0.2, 0) is 11.3 Å². The number of nitrogens with zero attached hydrogens (tertiary/aromatic N) is 2. The van der Waals surface area contributed by atoms with Gasteiger partial charge in [0, 0.05) is 31.9 Å². The van der Waals surface area contributed by atoms with Crippen LogP contribution in [0.15, 0.2) is 23.3 Å². The lowest BCUT2D eigenvalue weighted by Gasteiger charge is -2.29. The number of halogens is 1. The number of nitrogens with one attached hydrogen (secondary N) is 3. The van der Waals surface area contributed by atoms with Crippen LogP contribution in [0.4, 0.5) is 4.79 Å². The first kappa shape index (κ1) is 26.2. The van der Waals surface area contributed by atoms with Crippen molar-refractivity contribution in [2.45, 2.75) is 59.2 Å². The van der Waals surface area contributed by atoms with Gasteiger partial charge in [-0.3, -0.25) is 4.99 Å². The Morgan fingerprint density at radius 2 is 1.89 bits per heavy atom. The molecule has 8 nitrogen and oxygen atoms in total. The number of alkyl carbamates (subject to hydrolysis) is 1. The summed E-state index contributed by atoms with van der Waals surface area (Å²) in [4.78, 5) is 20.4. The summed E-state index contributed by atoms with van der Waals surface area (Å²) in [7, 11) is 1.69. The van der Waals surface area contributed by atoms with Crippen molar-refractivity contribution in [3.8, 4) is 5.88 Å². The van der Waals surface area contributed by atoms with E-state index in [-0.39, 0.29) is 24.0 Å². The summed E-state index contributed by atoms with van der Waals surface area (Å²) in [6.45, 7) is 12.8. The summed E-state index contributed by atoms with van der Waals surface area (Å²) in [6.07, 6.45) is 1.25. The molecule has 1 amide bonds. The smallest absolute Gasteiger partial charge is 0.408 e. The summed E-state index contributed by atoms with van der Waals surface area (Å²) >= 11 is 0. The number of carbonyl (C=O) groups excluding carboxylic acids is 1. The Kier molecular flexibility index (Phi) is 11.2. The van der Waals surface area contributed by atoms with E-state index in [4.69, 9.17) is 9.47 Å². The molecular formula is C19H34IN5O3. The second kappa shape index (κ2) is 11.9. The molecule has 0 saturated carbocycles. The number of aromatic nitrogens is 1. The van der Waals surface area contributed by atoms with Crippen molar-refractivity contribution < 1.29 is 14.3 Å². The topological polar surface area (TPSA) is 96.9 Å². The van der Waals surface area contributed by atoms with E-state index in [1.54, 1.807) is 13.2 Å².